The van der Waals surface area contributed by atoms with E-state index in [-0.39, 0.29) is 30.7 Å². The summed E-state index contributed by atoms with van der Waals surface area (Å²) in [5.74, 6) is 1.84. The molecule has 0 saturated heterocycles. The fourth-order valence-electron chi connectivity index (χ4n) is 4.38. The molecule has 1 aromatic heterocycles. The third-order valence-electron chi connectivity index (χ3n) is 5.75. The molecule has 0 amide bonds. The SMILES string of the molecule is [Cl-].[Cl-].c1cncc(C2c3ccc4ccccc4c3[O][Ti+2][O]c3c2ccc2ccccc32)c1. The molecular formula is C26H17Cl2NO2Ti. The van der Waals surface area contributed by atoms with Crippen LogP contribution in [0.4, 0.5) is 0 Å². The Bertz CT molecular complexity index is 1310. The summed E-state index contributed by atoms with van der Waals surface area (Å²) in [7, 11) is 0. The summed E-state index contributed by atoms with van der Waals surface area (Å²) < 4.78 is 12.8. The van der Waals surface area contributed by atoms with Crippen molar-refractivity contribution in [3.63, 3.8) is 0 Å². The summed E-state index contributed by atoms with van der Waals surface area (Å²) in [5.41, 5.74) is 3.44. The Balaban J connectivity index is 0.00000122. The van der Waals surface area contributed by atoms with Crippen molar-refractivity contribution in [1.82, 2.24) is 4.98 Å². The number of pyridine rings is 1. The second-order valence-electron chi connectivity index (χ2n) is 7.42. The molecule has 0 radical (unpaired) electrons. The zero-order chi connectivity index (χ0) is 19.9. The molecule has 1 aliphatic rings. The van der Waals surface area contributed by atoms with E-state index in [1.165, 1.54) is 10.8 Å². The minimum absolute atomic E-state index is 0. The van der Waals surface area contributed by atoms with Crippen molar-refractivity contribution >= 4 is 21.5 Å². The number of aromatic nitrogens is 1. The number of rotatable bonds is 1. The van der Waals surface area contributed by atoms with Gasteiger partial charge in [-0.05, 0) is 0 Å². The predicted octanol–water partition coefficient (Wildman–Crippen LogP) is 0.260. The fraction of sp³-hybridized carbons (Fsp3) is 0.0385. The molecule has 2 heterocycles. The van der Waals surface area contributed by atoms with E-state index in [4.69, 9.17) is 6.64 Å². The van der Waals surface area contributed by atoms with Crippen molar-refractivity contribution in [1.29, 1.82) is 0 Å². The second-order valence-corrected chi connectivity index (χ2v) is 8.31. The van der Waals surface area contributed by atoms with Crippen molar-refractivity contribution in [2.75, 3.05) is 0 Å². The quantitative estimate of drug-likeness (QED) is 0.314. The molecule has 0 spiro atoms. The minimum atomic E-state index is -1.12. The van der Waals surface area contributed by atoms with Crippen molar-refractivity contribution in [3.8, 4) is 11.5 Å². The maximum atomic E-state index is 6.38. The Kier molecular flexibility index (Phi) is 6.73. The van der Waals surface area contributed by atoms with Gasteiger partial charge in [0, 0.05) is 0 Å². The van der Waals surface area contributed by atoms with Crippen LogP contribution in [-0.4, -0.2) is 4.98 Å². The number of benzene rings is 4. The molecule has 6 rings (SSSR count). The average Bonchev–Trinajstić information content (AvgIpc) is 2.80. The Morgan fingerprint density at radius 3 is 1.72 bits per heavy atom. The maximum absolute atomic E-state index is 6.38. The molecule has 6 heteroatoms. The first-order valence-corrected chi connectivity index (χ1v) is 11.2. The van der Waals surface area contributed by atoms with Crippen LogP contribution >= 0.6 is 0 Å². The third-order valence-corrected chi connectivity index (χ3v) is 6.65. The van der Waals surface area contributed by atoms with Crippen molar-refractivity contribution in [2.24, 2.45) is 0 Å². The van der Waals surface area contributed by atoms with Crippen LogP contribution in [0.2, 0.25) is 0 Å². The van der Waals surface area contributed by atoms with Gasteiger partial charge in [0.2, 0.25) is 0 Å². The molecular weight excluding hydrogens is 477 g/mol. The van der Waals surface area contributed by atoms with E-state index in [2.05, 4.69) is 83.8 Å². The second kappa shape index (κ2) is 9.52. The molecule has 0 bridgehead atoms. The molecule has 0 aliphatic carbocycles. The van der Waals surface area contributed by atoms with Gasteiger partial charge in [0.05, 0.1) is 0 Å². The van der Waals surface area contributed by atoms with Gasteiger partial charge in [-0.1, -0.05) is 0 Å². The first kappa shape index (κ1) is 22.6. The molecule has 1 aliphatic heterocycles. The van der Waals surface area contributed by atoms with Crippen molar-refractivity contribution < 1.29 is 51.4 Å². The summed E-state index contributed by atoms with van der Waals surface area (Å²) in [6.45, 7) is 0. The van der Waals surface area contributed by atoms with E-state index in [1.807, 2.05) is 18.5 Å². The standard InChI is InChI=1S/C26H19NO2.2ClH.Ti/c28-25-20-9-3-1-6-17(20)11-13-22(25)24(19-8-5-15-27-16-19)23-14-12-18-7-2-4-10-21(18)26(23)29;;;/h1-16,24,28-29H;2*1H;/q;;;+4/p-4. The summed E-state index contributed by atoms with van der Waals surface area (Å²) in [6, 6.07) is 29.6. The van der Waals surface area contributed by atoms with Crippen LogP contribution in [0.1, 0.15) is 22.6 Å². The molecule has 32 heavy (non-hydrogen) atoms. The fourth-order valence-corrected chi connectivity index (χ4v) is 5.42. The molecule has 0 fully saturated rings. The van der Waals surface area contributed by atoms with E-state index in [9.17, 15) is 0 Å². The molecule has 5 aromatic rings. The van der Waals surface area contributed by atoms with Gasteiger partial charge < -0.3 is 24.8 Å². The van der Waals surface area contributed by atoms with Gasteiger partial charge in [0.25, 0.3) is 0 Å². The van der Waals surface area contributed by atoms with Gasteiger partial charge in [-0.2, -0.15) is 0 Å². The number of halogens is 2. The zero-order valence-electron chi connectivity index (χ0n) is 16.8. The summed E-state index contributed by atoms with van der Waals surface area (Å²) in [4.78, 5) is 4.41. The summed E-state index contributed by atoms with van der Waals surface area (Å²) in [6.07, 6.45) is 3.76. The summed E-state index contributed by atoms with van der Waals surface area (Å²) in [5, 5.41) is 4.60. The average molecular weight is 494 g/mol. The topological polar surface area (TPSA) is 31.4 Å². The van der Waals surface area contributed by atoms with Crippen molar-refractivity contribution in [3.05, 3.63) is 114 Å². The Labute approximate surface area is 208 Å². The first-order valence-electron chi connectivity index (χ1n) is 9.92. The van der Waals surface area contributed by atoms with Gasteiger partial charge in [0.1, 0.15) is 0 Å². The Morgan fingerprint density at radius 2 is 1.19 bits per heavy atom. The van der Waals surface area contributed by atoms with E-state index >= 15 is 0 Å². The van der Waals surface area contributed by atoms with Crippen LogP contribution < -0.4 is 31.5 Å². The van der Waals surface area contributed by atoms with Crippen molar-refractivity contribution in [2.45, 2.75) is 5.92 Å². The molecule has 0 N–H and O–H groups in total. The number of hydrogen-bond donors (Lipinski definition) is 0. The normalized spacial score (nSPS) is 12.2. The Morgan fingerprint density at radius 1 is 0.625 bits per heavy atom. The van der Waals surface area contributed by atoms with Gasteiger partial charge in [-0.3, -0.25) is 0 Å². The van der Waals surface area contributed by atoms with Crippen LogP contribution in [0, 0.1) is 0 Å². The van der Waals surface area contributed by atoms with Crippen LogP contribution in [0.15, 0.2) is 97.3 Å². The zero-order valence-corrected chi connectivity index (χ0v) is 19.9. The predicted molar refractivity (Wildman–Crippen MR) is 114 cm³/mol. The van der Waals surface area contributed by atoms with Crippen LogP contribution in [0.3, 0.4) is 0 Å². The number of hydrogen-bond acceptors (Lipinski definition) is 3. The number of fused-ring (bicyclic) bond motifs is 6. The third kappa shape index (κ3) is 3.76. The van der Waals surface area contributed by atoms with Gasteiger partial charge in [-0.15, -0.1) is 0 Å². The molecule has 0 atom stereocenters. The van der Waals surface area contributed by atoms with Gasteiger partial charge >= 0.3 is 185 Å². The van der Waals surface area contributed by atoms with Gasteiger partial charge in [0.15, 0.2) is 0 Å². The summed E-state index contributed by atoms with van der Waals surface area (Å²) >= 11 is -1.12. The van der Waals surface area contributed by atoms with E-state index in [1.54, 1.807) is 0 Å². The Hall–Kier alpha value is -2.56. The van der Waals surface area contributed by atoms with Gasteiger partial charge in [-0.25, -0.2) is 0 Å². The monoisotopic (exact) mass is 493 g/mol. The molecule has 0 saturated carbocycles. The van der Waals surface area contributed by atoms with E-state index < -0.39 is 19.9 Å². The van der Waals surface area contributed by atoms with Crippen LogP contribution in [0.5, 0.6) is 11.5 Å². The first-order chi connectivity index (χ1) is 14.9. The molecule has 4 aromatic carbocycles. The number of nitrogens with zero attached hydrogens (tertiary/aromatic N) is 1. The molecule has 156 valence electrons. The van der Waals surface area contributed by atoms with Crippen LogP contribution in [-0.2, 0) is 19.9 Å². The van der Waals surface area contributed by atoms with E-state index in [0.29, 0.717) is 0 Å². The van der Waals surface area contributed by atoms with E-state index in [0.717, 1.165) is 39.0 Å². The molecule has 0 unspecified atom stereocenters. The molecule has 3 nitrogen and oxygen atoms in total. The van der Waals surface area contributed by atoms with Crippen LogP contribution in [0.25, 0.3) is 21.5 Å².